The van der Waals surface area contributed by atoms with Gasteiger partial charge in [0.15, 0.2) is 0 Å². The van der Waals surface area contributed by atoms with Gasteiger partial charge in [-0.25, -0.2) is 9.78 Å². The number of nitrogens with one attached hydrogen (secondary N) is 1. The predicted molar refractivity (Wildman–Crippen MR) is 77.9 cm³/mol. The lowest BCUT2D eigenvalue weighted by molar-refractivity contribution is -0.131. The summed E-state index contributed by atoms with van der Waals surface area (Å²) < 4.78 is 0. The van der Waals surface area contributed by atoms with Crippen molar-refractivity contribution in [2.24, 2.45) is 0 Å². The van der Waals surface area contributed by atoms with Crippen LogP contribution in [0.25, 0.3) is 6.08 Å². The first-order valence-corrected chi connectivity index (χ1v) is 6.67. The van der Waals surface area contributed by atoms with E-state index in [1.54, 1.807) is 23.7 Å². The van der Waals surface area contributed by atoms with E-state index in [0.717, 1.165) is 11.6 Å². The summed E-state index contributed by atoms with van der Waals surface area (Å²) in [6.45, 7) is 1.91. The van der Waals surface area contributed by atoms with Gasteiger partial charge in [0.1, 0.15) is 5.82 Å². The molecule has 2 aromatic rings. The Morgan fingerprint density at radius 2 is 2.20 bits per heavy atom. The number of anilines is 1. The zero-order valence-corrected chi connectivity index (χ0v) is 11.5. The summed E-state index contributed by atoms with van der Waals surface area (Å²) in [7, 11) is 0. The van der Waals surface area contributed by atoms with E-state index in [-0.39, 0.29) is 5.91 Å². The Labute approximate surface area is 119 Å². The maximum Gasteiger partial charge on any atom is 0.328 e. The summed E-state index contributed by atoms with van der Waals surface area (Å²) in [4.78, 5) is 27.1. The van der Waals surface area contributed by atoms with Gasteiger partial charge < -0.3 is 10.4 Å². The predicted octanol–water partition coefficient (Wildman–Crippen LogP) is 2.80. The zero-order chi connectivity index (χ0) is 14.5. The van der Waals surface area contributed by atoms with Crippen LogP contribution in [0.15, 0.2) is 35.9 Å². The molecule has 6 heteroatoms. The van der Waals surface area contributed by atoms with Gasteiger partial charge in [-0.3, -0.25) is 4.79 Å². The molecule has 0 unspecified atom stereocenters. The van der Waals surface area contributed by atoms with E-state index in [4.69, 9.17) is 5.11 Å². The van der Waals surface area contributed by atoms with Crippen molar-refractivity contribution >= 4 is 35.1 Å². The molecule has 0 aliphatic rings. The molecular formula is C14H12N2O3S. The Morgan fingerprint density at radius 3 is 2.90 bits per heavy atom. The number of pyridine rings is 1. The van der Waals surface area contributed by atoms with Crippen molar-refractivity contribution in [3.63, 3.8) is 0 Å². The number of aliphatic carboxylic acids is 1. The average molecular weight is 288 g/mol. The molecule has 0 fully saturated rings. The van der Waals surface area contributed by atoms with E-state index in [0.29, 0.717) is 16.3 Å². The van der Waals surface area contributed by atoms with Crippen molar-refractivity contribution < 1.29 is 14.7 Å². The Balaban J connectivity index is 2.18. The first kappa shape index (κ1) is 14.0. The van der Waals surface area contributed by atoms with Crippen LogP contribution in [0, 0.1) is 6.92 Å². The topological polar surface area (TPSA) is 79.3 Å². The number of carbonyl (C=O) groups excluding carboxylic acids is 1. The van der Waals surface area contributed by atoms with E-state index >= 15 is 0 Å². The number of hydrogen-bond acceptors (Lipinski definition) is 4. The lowest BCUT2D eigenvalue weighted by Gasteiger charge is -2.04. The number of thiophene rings is 1. The summed E-state index contributed by atoms with van der Waals surface area (Å²) in [6.07, 6.45) is 4.02. The summed E-state index contributed by atoms with van der Waals surface area (Å²) >= 11 is 1.25. The second-order valence-electron chi connectivity index (χ2n) is 4.05. The molecule has 0 aliphatic heterocycles. The van der Waals surface area contributed by atoms with Crippen molar-refractivity contribution in [3.8, 4) is 0 Å². The van der Waals surface area contributed by atoms with Gasteiger partial charge in [0, 0.05) is 12.3 Å². The molecule has 0 saturated carbocycles. The second kappa shape index (κ2) is 6.12. The lowest BCUT2D eigenvalue weighted by atomic mass is 10.2. The van der Waals surface area contributed by atoms with Crippen LogP contribution in [-0.2, 0) is 4.79 Å². The van der Waals surface area contributed by atoms with Crippen LogP contribution in [0.5, 0.6) is 0 Å². The van der Waals surface area contributed by atoms with Crippen molar-refractivity contribution in [1.29, 1.82) is 0 Å². The van der Waals surface area contributed by atoms with Crippen molar-refractivity contribution in [2.45, 2.75) is 6.92 Å². The molecule has 0 spiro atoms. The molecule has 1 amide bonds. The minimum atomic E-state index is -1.05. The highest BCUT2D eigenvalue weighted by atomic mass is 32.1. The van der Waals surface area contributed by atoms with Gasteiger partial charge in [-0.05, 0) is 47.7 Å². The molecule has 102 valence electrons. The van der Waals surface area contributed by atoms with Gasteiger partial charge in [-0.2, -0.15) is 0 Å². The highest BCUT2D eigenvalue weighted by Crippen LogP contribution is 2.20. The maximum absolute atomic E-state index is 12.1. The molecule has 0 aliphatic carbocycles. The molecule has 2 aromatic heterocycles. The van der Waals surface area contributed by atoms with Crippen LogP contribution in [0.2, 0.25) is 0 Å². The smallest absolute Gasteiger partial charge is 0.328 e. The van der Waals surface area contributed by atoms with Crippen molar-refractivity contribution in [1.82, 2.24) is 4.98 Å². The SMILES string of the molecule is Cc1ccnc(NC(=O)c2sccc2C=CC(=O)O)c1. The van der Waals surface area contributed by atoms with Gasteiger partial charge in [-0.15, -0.1) is 11.3 Å². The molecule has 0 atom stereocenters. The van der Waals surface area contributed by atoms with Crippen LogP contribution in [-0.4, -0.2) is 22.0 Å². The van der Waals surface area contributed by atoms with Crippen LogP contribution in [0.3, 0.4) is 0 Å². The highest BCUT2D eigenvalue weighted by Gasteiger charge is 2.12. The summed E-state index contributed by atoms with van der Waals surface area (Å²) in [5.41, 5.74) is 1.56. The average Bonchev–Trinajstić information content (AvgIpc) is 2.84. The number of aromatic nitrogens is 1. The van der Waals surface area contributed by atoms with Crippen LogP contribution >= 0.6 is 11.3 Å². The molecule has 20 heavy (non-hydrogen) atoms. The number of hydrogen-bond donors (Lipinski definition) is 2. The van der Waals surface area contributed by atoms with Crippen LogP contribution in [0.1, 0.15) is 20.8 Å². The van der Waals surface area contributed by atoms with Gasteiger partial charge >= 0.3 is 5.97 Å². The summed E-state index contributed by atoms with van der Waals surface area (Å²) in [5, 5.41) is 13.0. The minimum absolute atomic E-state index is 0.303. The monoisotopic (exact) mass is 288 g/mol. The van der Waals surface area contributed by atoms with E-state index in [9.17, 15) is 9.59 Å². The third kappa shape index (κ3) is 3.52. The highest BCUT2D eigenvalue weighted by molar-refractivity contribution is 7.12. The molecule has 0 aromatic carbocycles. The quantitative estimate of drug-likeness (QED) is 0.848. The number of amides is 1. The Bertz CT molecular complexity index is 677. The van der Waals surface area contributed by atoms with Gasteiger partial charge in [-0.1, -0.05) is 0 Å². The van der Waals surface area contributed by atoms with Crippen LogP contribution < -0.4 is 5.32 Å². The number of carbonyl (C=O) groups is 2. The Hall–Kier alpha value is -2.47. The number of rotatable bonds is 4. The van der Waals surface area contributed by atoms with E-state index in [1.165, 1.54) is 17.4 Å². The molecule has 2 heterocycles. The largest absolute Gasteiger partial charge is 0.478 e. The third-order valence-corrected chi connectivity index (χ3v) is 3.39. The first-order chi connectivity index (χ1) is 9.56. The maximum atomic E-state index is 12.1. The number of nitrogens with zero attached hydrogens (tertiary/aromatic N) is 1. The second-order valence-corrected chi connectivity index (χ2v) is 4.97. The Morgan fingerprint density at radius 1 is 1.40 bits per heavy atom. The normalized spacial score (nSPS) is 10.7. The molecule has 0 saturated heterocycles. The fourth-order valence-electron chi connectivity index (χ4n) is 1.57. The molecule has 0 bridgehead atoms. The van der Waals surface area contributed by atoms with Crippen LogP contribution in [0.4, 0.5) is 5.82 Å². The fourth-order valence-corrected chi connectivity index (χ4v) is 2.35. The molecule has 0 radical (unpaired) electrons. The zero-order valence-electron chi connectivity index (χ0n) is 10.7. The third-order valence-electron chi connectivity index (χ3n) is 2.46. The number of carboxylic acids is 1. The number of carboxylic acid groups (broad SMARTS) is 1. The lowest BCUT2D eigenvalue weighted by Crippen LogP contribution is -2.12. The van der Waals surface area contributed by atoms with Gasteiger partial charge in [0.2, 0.25) is 0 Å². The molecule has 5 nitrogen and oxygen atoms in total. The first-order valence-electron chi connectivity index (χ1n) is 5.79. The van der Waals surface area contributed by atoms with E-state index in [1.807, 2.05) is 13.0 Å². The van der Waals surface area contributed by atoms with Gasteiger partial charge in [0.25, 0.3) is 5.91 Å². The van der Waals surface area contributed by atoms with E-state index in [2.05, 4.69) is 10.3 Å². The molecule has 2 N–H and O–H groups in total. The Kier molecular flexibility index (Phi) is 4.27. The van der Waals surface area contributed by atoms with Crippen molar-refractivity contribution in [3.05, 3.63) is 51.9 Å². The van der Waals surface area contributed by atoms with E-state index < -0.39 is 5.97 Å². The standard InChI is InChI=1S/C14H12N2O3S/c1-9-4-6-15-11(8-9)16-14(19)13-10(5-7-20-13)2-3-12(17)18/h2-8H,1H3,(H,17,18)(H,15,16,19). The molecule has 2 rings (SSSR count). The minimum Gasteiger partial charge on any atom is -0.478 e. The summed E-state index contributed by atoms with van der Waals surface area (Å²) in [5.74, 6) is -0.886. The van der Waals surface area contributed by atoms with Crippen molar-refractivity contribution in [2.75, 3.05) is 5.32 Å². The fraction of sp³-hybridized carbons (Fsp3) is 0.0714. The summed E-state index contributed by atoms with van der Waals surface area (Å²) in [6, 6.07) is 5.29. The number of aryl methyl sites for hydroxylation is 1. The van der Waals surface area contributed by atoms with Gasteiger partial charge in [0.05, 0.1) is 4.88 Å². The molecular weight excluding hydrogens is 276 g/mol.